The van der Waals surface area contributed by atoms with Crippen molar-refractivity contribution in [1.29, 1.82) is 0 Å². The van der Waals surface area contributed by atoms with Crippen LogP contribution in [0.1, 0.15) is 47.1 Å². The van der Waals surface area contributed by atoms with Gasteiger partial charge in [-0.3, -0.25) is 4.79 Å². The third kappa shape index (κ3) is 5.82. The number of nitrogens with one attached hydrogen (secondary N) is 1. The van der Waals surface area contributed by atoms with Gasteiger partial charge in [-0.25, -0.2) is 4.79 Å². The summed E-state index contributed by atoms with van der Waals surface area (Å²) in [7, 11) is 1.32. The quantitative estimate of drug-likeness (QED) is 0.709. The summed E-state index contributed by atoms with van der Waals surface area (Å²) >= 11 is 0. The molecular weight excluding hydrogens is 346 g/mol. The van der Waals surface area contributed by atoms with Crippen molar-refractivity contribution >= 4 is 17.6 Å². The first-order valence-corrected chi connectivity index (χ1v) is 8.81. The van der Waals surface area contributed by atoms with Crippen LogP contribution in [0, 0.1) is 0 Å². The second-order valence-corrected chi connectivity index (χ2v) is 6.14. The molecule has 0 bridgehead atoms. The Balaban J connectivity index is 2.15. The maximum absolute atomic E-state index is 12.6. The molecule has 0 aliphatic heterocycles. The van der Waals surface area contributed by atoms with Crippen LogP contribution in [0.4, 0.5) is 5.69 Å². The maximum atomic E-state index is 12.6. The van der Waals surface area contributed by atoms with Gasteiger partial charge < -0.3 is 19.5 Å². The molecular formula is C21H25NO5. The minimum absolute atomic E-state index is 0.0743. The highest BCUT2D eigenvalue weighted by Gasteiger charge is 2.12. The summed E-state index contributed by atoms with van der Waals surface area (Å²) < 4.78 is 15.9. The smallest absolute Gasteiger partial charge is 0.337 e. The molecule has 0 radical (unpaired) electrons. The summed E-state index contributed by atoms with van der Waals surface area (Å²) in [5.41, 5.74) is 2.32. The van der Waals surface area contributed by atoms with E-state index >= 15 is 0 Å². The van der Waals surface area contributed by atoms with Crippen LogP contribution < -0.4 is 10.1 Å². The van der Waals surface area contributed by atoms with Crippen LogP contribution in [-0.4, -0.2) is 31.7 Å². The lowest BCUT2D eigenvalue weighted by atomic mass is 10.1. The van der Waals surface area contributed by atoms with Crippen molar-refractivity contribution in [2.75, 3.05) is 19.0 Å². The van der Waals surface area contributed by atoms with Crippen molar-refractivity contribution in [1.82, 2.24) is 0 Å². The average Bonchev–Trinajstić information content (AvgIpc) is 2.67. The first-order chi connectivity index (χ1) is 12.9. The van der Waals surface area contributed by atoms with E-state index in [2.05, 4.69) is 10.1 Å². The highest BCUT2D eigenvalue weighted by molar-refractivity contribution is 6.04. The number of ether oxygens (including phenoxy) is 3. The van der Waals surface area contributed by atoms with Gasteiger partial charge in [0.05, 0.1) is 32.0 Å². The molecule has 27 heavy (non-hydrogen) atoms. The highest BCUT2D eigenvalue weighted by Crippen LogP contribution is 2.23. The molecule has 6 heteroatoms. The minimum atomic E-state index is -0.422. The molecule has 0 atom stereocenters. The zero-order valence-corrected chi connectivity index (χ0v) is 16.1. The van der Waals surface area contributed by atoms with Gasteiger partial charge in [-0.15, -0.1) is 0 Å². The molecule has 2 rings (SSSR count). The Morgan fingerprint density at radius 1 is 1.04 bits per heavy atom. The Hall–Kier alpha value is -2.86. The molecule has 1 N–H and O–H groups in total. The topological polar surface area (TPSA) is 73.9 Å². The van der Waals surface area contributed by atoms with E-state index in [-0.39, 0.29) is 12.0 Å². The molecule has 2 aromatic rings. The lowest BCUT2D eigenvalue weighted by Crippen LogP contribution is -2.13. The van der Waals surface area contributed by atoms with Gasteiger partial charge in [0.15, 0.2) is 0 Å². The van der Waals surface area contributed by atoms with Gasteiger partial charge in [0.2, 0.25) is 0 Å². The molecule has 0 aromatic heterocycles. The van der Waals surface area contributed by atoms with E-state index < -0.39 is 5.97 Å². The molecule has 0 aliphatic carbocycles. The number of methoxy groups -OCH3 is 1. The summed E-state index contributed by atoms with van der Waals surface area (Å²) in [6, 6.07) is 11.8. The SMILES string of the molecule is CCOc1ccc(C(=O)Nc2ccc(C(=O)OC)cc2)cc1COC(C)C. The van der Waals surface area contributed by atoms with Crippen LogP contribution in [0.25, 0.3) is 0 Å². The number of benzene rings is 2. The van der Waals surface area contributed by atoms with Crippen LogP contribution in [0.2, 0.25) is 0 Å². The van der Waals surface area contributed by atoms with Gasteiger partial charge >= 0.3 is 5.97 Å². The number of esters is 1. The summed E-state index contributed by atoms with van der Waals surface area (Å²) in [4.78, 5) is 24.0. The monoisotopic (exact) mass is 371 g/mol. The van der Waals surface area contributed by atoms with Crippen LogP contribution in [0.5, 0.6) is 5.75 Å². The van der Waals surface area contributed by atoms with E-state index in [4.69, 9.17) is 9.47 Å². The van der Waals surface area contributed by atoms with E-state index in [1.807, 2.05) is 20.8 Å². The molecule has 0 fully saturated rings. The van der Waals surface area contributed by atoms with Crippen LogP contribution >= 0.6 is 0 Å². The Bertz CT molecular complexity index is 784. The normalized spacial score (nSPS) is 10.6. The van der Waals surface area contributed by atoms with Gasteiger partial charge in [-0.1, -0.05) is 0 Å². The van der Waals surface area contributed by atoms with E-state index in [1.165, 1.54) is 7.11 Å². The number of carbonyl (C=O) groups excluding carboxylic acids is 2. The van der Waals surface area contributed by atoms with Gasteiger partial charge in [-0.2, -0.15) is 0 Å². The highest BCUT2D eigenvalue weighted by atomic mass is 16.5. The molecule has 1 amide bonds. The number of rotatable bonds is 8. The molecule has 0 unspecified atom stereocenters. The predicted octanol–water partition coefficient (Wildman–Crippen LogP) is 4.05. The Kier molecular flexibility index (Phi) is 7.37. The van der Waals surface area contributed by atoms with E-state index in [0.29, 0.717) is 35.8 Å². The number of amides is 1. The lowest BCUT2D eigenvalue weighted by molar-refractivity contribution is 0.0600. The first kappa shape index (κ1) is 20.5. The first-order valence-electron chi connectivity index (χ1n) is 8.81. The number of hydrogen-bond donors (Lipinski definition) is 1. The second kappa shape index (κ2) is 9.73. The molecule has 0 saturated carbocycles. The largest absolute Gasteiger partial charge is 0.494 e. The Morgan fingerprint density at radius 2 is 1.70 bits per heavy atom. The van der Waals surface area contributed by atoms with E-state index in [0.717, 1.165) is 5.56 Å². The molecule has 0 saturated heterocycles. The fourth-order valence-electron chi connectivity index (χ4n) is 2.40. The summed E-state index contributed by atoms with van der Waals surface area (Å²) in [6.07, 6.45) is 0.0743. The summed E-state index contributed by atoms with van der Waals surface area (Å²) in [5.74, 6) is 0.0287. The van der Waals surface area contributed by atoms with Crippen LogP contribution in [0.3, 0.4) is 0 Å². The third-order valence-electron chi connectivity index (χ3n) is 3.76. The lowest BCUT2D eigenvalue weighted by Gasteiger charge is -2.14. The summed E-state index contributed by atoms with van der Waals surface area (Å²) in [6.45, 7) is 6.71. The van der Waals surface area contributed by atoms with Crippen LogP contribution in [-0.2, 0) is 16.1 Å². The Labute approximate surface area is 159 Å². The van der Waals surface area contributed by atoms with Crippen molar-refractivity contribution in [3.05, 3.63) is 59.2 Å². The van der Waals surface area contributed by atoms with Crippen molar-refractivity contribution in [2.45, 2.75) is 33.5 Å². The van der Waals surface area contributed by atoms with Crippen molar-refractivity contribution in [3.8, 4) is 5.75 Å². The van der Waals surface area contributed by atoms with E-state index in [1.54, 1.807) is 42.5 Å². The summed E-state index contributed by atoms with van der Waals surface area (Å²) in [5, 5.41) is 2.81. The van der Waals surface area contributed by atoms with Gasteiger partial charge in [0, 0.05) is 16.8 Å². The maximum Gasteiger partial charge on any atom is 0.337 e. The standard InChI is InChI=1S/C21H25NO5/c1-5-26-19-11-8-16(12-17(19)13-27-14(2)3)20(23)22-18-9-6-15(7-10-18)21(24)25-4/h6-12,14H,5,13H2,1-4H3,(H,22,23). The molecule has 0 aliphatic rings. The van der Waals surface area contributed by atoms with Crippen molar-refractivity contribution in [3.63, 3.8) is 0 Å². The average molecular weight is 371 g/mol. The fraction of sp³-hybridized carbons (Fsp3) is 0.333. The van der Waals surface area contributed by atoms with E-state index in [9.17, 15) is 9.59 Å². The molecule has 0 spiro atoms. The number of hydrogen-bond acceptors (Lipinski definition) is 5. The molecule has 6 nitrogen and oxygen atoms in total. The molecule has 2 aromatic carbocycles. The zero-order valence-electron chi connectivity index (χ0n) is 16.1. The Morgan fingerprint density at radius 3 is 2.30 bits per heavy atom. The van der Waals surface area contributed by atoms with Crippen molar-refractivity contribution < 1.29 is 23.8 Å². The number of carbonyl (C=O) groups is 2. The van der Waals surface area contributed by atoms with Gasteiger partial charge in [0.25, 0.3) is 5.91 Å². The fourth-order valence-corrected chi connectivity index (χ4v) is 2.40. The van der Waals surface area contributed by atoms with Gasteiger partial charge in [0.1, 0.15) is 5.75 Å². The number of anilines is 1. The molecule has 0 heterocycles. The van der Waals surface area contributed by atoms with Gasteiger partial charge in [-0.05, 0) is 63.2 Å². The molecule has 144 valence electrons. The van der Waals surface area contributed by atoms with Crippen LogP contribution in [0.15, 0.2) is 42.5 Å². The zero-order chi connectivity index (χ0) is 19.8. The van der Waals surface area contributed by atoms with Crippen molar-refractivity contribution in [2.24, 2.45) is 0 Å². The second-order valence-electron chi connectivity index (χ2n) is 6.14. The minimum Gasteiger partial charge on any atom is -0.494 e. The predicted molar refractivity (Wildman–Crippen MR) is 103 cm³/mol. The third-order valence-corrected chi connectivity index (χ3v) is 3.76.